The topological polar surface area (TPSA) is 79.7 Å². The van der Waals surface area contributed by atoms with Gasteiger partial charge in [0, 0.05) is 24.5 Å². The van der Waals surface area contributed by atoms with Gasteiger partial charge < -0.3 is 14.7 Å². The molecule has 30 heavy (non-hydrogen) atoms. The minimum atomic E-state index is -0.660. The second-order valence-corrected chi connectivity index (χ2v) is 7.74. The average molecular weight is 408 g/mol. The molecule has 2 heterocycles. The van der Waals surface area contributed by atoms with Crippen molar-refractivity contribution in [3.05, 3.63) is 65.0 Å². The number of methoxy groups -OCH3 is 1. The summed E-state index contributed by atoms with van der Waals surface area (Å²) < 4.78 is 5.42. The number of aliphatic hydroxyl groups is 1. The molecule has 1 amide bonds. The van der Waals surface area contributed by atoms with E-state index in [1.807, 2.05) is 26.8 Å². The van der Waals surface area contributed by atoms with E-state index in [1.165, 1.54) is 0 Å². The van der Waals surface area contributed by atoms with Crippen molar-refractivity contribution in [1.29, 1.82) is 0 Å². The van der Waals surface area contributed by atoms with Gasteiger partial charge in [-0.1, -0.05) is 27.2 Å². The van der Waals surface area contributed by atoms with Gasteiger partial charge >= 0.3 is 0 Å². The van der Waals surface area contributed by atoms with Crippen molar-refractivity contribution in [3.63, 3.8) is 0 Å². The predicted molar refractivity (Wildman–Crippen MR) is 115 cm³/mol. The van der Waals surface area contributed by atoms with E-state index in [-0.39, 0.29) is 17.3 Å². The number of carbonyl (C=O) groups is 2. The summed E-state index contributed by atoms with van der Waals surface area (Å²) in [6.07, 6.45) is 4.91. The van der Waals surface area contributed by atoms with Crippen molar-refractivity contribution in [2.45, 2.75) is 45.6 Å². The van der Waals surface area contributed by atoms with Crippen LogP contribution in [0.25, 0.3) is 5.76 Å². The fraction of sp³-hybridized carbons (Fsp3) is 0.375. The van der Waals surface area contributed by atoms with Crippen LogP contribution in [-0.4, -0.2) is 40.3 Å². The largest absolute Gasteiger partial charge is 0.507 e. The standard InChI is InChI=1S/C24H28N2O4/c1-5-6-13-26-21(16-9-11-25-12-10-16)20(23(28)24(26)29)22(27)17-7-8-19(30-4)18(14-17)15(2)3/h7-12,14-15,21,27H,5-6,13H2,1-4H3/b22-20-. The molecule has 6 heteroatoms. The van der Waals surface area contributed by atoms with Crippen molar-refractivity contribution in [1.82, 2.24) is 9.88 Å². The highest BCUT2D eigenvalue weighted by atomic mass is 16.5. The van der Waals surface area contributed by atoms with Crippen molar-refractivity contribution >= 4 is 17.4 Å². The maximum Gasteiger partial charge on any atom is 0.295 e. The molecule has 1 aromatic heterocycles. The highest BCUT2D eigenvalue weighted by Gasteiger charge is 2.45. The Morgan fingerprint density at radius 1 is 1.20 bits per heavy atom. The molecule has 6 nitrogen and oxygen atoms in total. The van der Waals surface area contributed by atoms with Crippen molar-refractivity contribution in [2.24, 2.45) is 0 Å². The number of aliphatic hydroxyl groups excluding tert-OH is 1. The number of ether oxygens (including phenoxy) is 1. The first-order valence-electron chi connectivity index (χ1n) is 10.3. The van der Waals surface area contributed by atoms with E-state index in [2.05, 4.69) is 4.98 Å². The molecule has 1 aliphatic heterocycles. The molecular formula is C24H28N2O4. The minimum absolute atomic E-state index is 0.113. The normalized spacial score (nSPS) is 18.3. The highest BCUT2D eigenvalue weighted by molar-refractivity contribution is 6.46. The molecule has 0 spiro atoms. The number of likely N-dealkylation sites (tertiary alicyclic amines) is 1. The van der Waals surface area contributed by atoms with Crippen LogP contribution in [0.15, 0.2) is 48.3 Å². The monoisotopic (exact) mass is 408 g/mol. The average Bonchev–Trinajstić information content (AvgIpc) is 3.02. The first kappa shape index (κ1) is 21.6. The van der Waals surface area contributed by atoms with Gasteiger partial charge in [-0.05, 0) is 53.8 Å². The number of aromatic nitrogens is 1. The number of hydrogen-bond acceptors (Lipinski definition) is 5. The molecule has 1 aromatic carbocycles. The maximum atomic E-state index is 13.0. The molecule has 3 rings (SSSR count). The Kier molecular flexibility index (Phi) is 6.55. The highest BCUT2D eigenvalue weighted by Crippen LogP contribution is 2.40. The fourth-order valence-electron chi connectivity index (χ4n) is 3.82. The summed E-state index contributed by atoms with van der Waals surface area (Å²) in [5, 5.41) is 11.2. The van der Waals surface area contributed by atoms with E-state index in [0.29, 0.717) is 12.1 Å². The van der Waals surface area contributed by atoms with E-state index in [0.717, 1.165) is 29.7 Å². The SMILES string of the molecule is CCCCN1C(=O)C(=O)/C(=C(\O)c2ccc(OC)c(C(C)C)c2)C1c1ccncc1. The van der Waals surface area contributed by atoms with Crippen molar-refractivity contribution in [3.8, 4) is 5.75 Å². The van der Waals surface area contributed by atoms with E-state index >= 15 is 0 Å². The molecule has 1 saturated heterocycles. The number of hydrogen-bond donors (Lipinski definition) is 1. The molecule has 1 fully saturated rings. The Labute approximate surface area is 177 Å². The Balaban J connectivity index is 2.17. The summed E-state index contributed by atoms with van der Waals surface area (Å²) in [7, 11) is 1.60. The number of rotatable bonds is 7. The number of carbonyl (C=O) groups excluding carboxylic acids is 2. The Morgan fingerprint density at radius 3 is 2.50 bits per heavy atom. The summed E-state index contributed by atoms with van der Waals surface area (Å²) in [6.45, 7) is 6.54. The van der Waals surface area contributed by atoms with Gasteiger partial charge in [0.15, 0.2) is 0 Å². The third kappa shape index (κ3) is 3.95. The third-order valence-electron chi connectivity index (χ3n) is 5.44. The molecular weight excluding hydrogens is 380 g/mol. The zero-order valence-electron chi connectivity index (χ0n) is 17.9. The second-order valence-electron chi connectivity index (χ2n) is 7.74. The number of nitrogens with zero attached hydrogens (tertiary/aromatic N) is 2. The van der Waals surface area contributed by atoms with Gasteiger partial charge in [-0.25, -0.2) is 0 Å². The zero-order valence-corrected chi connectivity index (χ0v) is 17.9. The quantitative estimate of drug-likeness (QED) is 0.416. The minimum Gasteiger partial charge on any atom is -0.507 e. The lowest BCUT2D eigenvalue weighted by Crippen LogP contribution is -2.30. The number of unbranched alkanes of at least 4 members (excludes halogenated alkanes) is 1. The van der Waals surface area contributed by atoms with Crippen LogP contribution in [0.3, 0.4) is 0 Å². The van der Waals surface area contributed by atoms with E-state index in [9.17, 15) is 14.7 Å². The Bertz CT molecular complexity index is 966. The van der Waals surface area contributed by atoms with Crippen LogP contribution in [-0.2, 0) is 9.59 Å². The Hall–Kier alpha value is -3.15. The van der Waals surface area contributed by atoms with Crippen LogP contribution in [0, 0.1) is 0 Å². The third-order valence-corrected chi connectivity index (χ3v) is 5.44. The summed E-state index contributed by atoms with van der Waals surface area (Å²) >= 11 is 0. The van der Waals surface area contributed by atoms with Crippen LogP contribution in [0.4, 0.5) is 0 Å². The molecule has 0 bridgehead atoms. The van der Waals surface area contributed by atoms with E-state index in [4.69, 9.17) is 4.74 Å². The number of pyridine rings is 1. The molecule has 1 atom stereocenters. The molecule has 1 N–H and O–H groups in total. The molecule has 1 unspecified atom stereocenters. The van der Waals surface area contributed by atoms with Crippen molar-refractivity contribution in [2.75, 3.05) is 13.7 Å². The zero-order chi connectivity index (χ0) is 21.8. The van der Waals surface area contributed by atoms with Crippen LogP contribution in [0.1, 0.15) is 62.3 Å². The lowest BCUT2D eigenvalue weighted by molar-refractivity contribution is -0.139. The van der Waals surface area contributed by atoms with Gasteiger partial charge in [0.2, 0.25) is 0 Å². The molecule has 0 radical (unpaired) electrons. The van der Waals surface area contributed by atoms with Crippen LogP contribution in [0.2, 0.25) is 0 Å². The molecule has 158 valence electrons. The molecule has 0 aliphatic carbocycles. The fourth-order valence-corrected chi connectivity index (χ4v) is 3.82. The summed E-state index contributed by atoms with van der Waals surface area (Å²) in [4.78, 5) is 31.4. The first-order valence-corrected chi connectivity index (χ1v) is 10.3. The van der Waals surface area contributed by atoms with Crippen molar-refractivity contribution < 1.29 is 19.4 Å². The summed E-state index contributed by atoms with van der Waals surface area (Å²) in [6, 6.07) is 8.22. The van der Waals surface area contributed by atoms with Gasteiger partial charge in [0.1, 0.15) is 11.5 Å². The molecule has 2 aromatic rings. The summed E-state index contributed by atoms with van der Waals surface area (Å²) in [5.41, 5.74) is 2.27. The van der Waals surface area contributed by atoms with Crippen LogP contribution >= 0.6 is 0 Å². The second kappa shape index (κ2) is 9.11. The van der Waals surface area contributed by atoms with Gasteiger partial charge in [-0.3, -0.25) is 14.6 Å². The predicted octanol–water partition coefficient (Wildman–Crippen LogP) is 4.44. The van der Waals surface area contributed by atoms with Crippen LogP contribution in [0.5, 0.6) is 5.75 Å². The van der Waals surface area contributed by atoms with Gasteiger partial charge in [0.25, 0.3) is 11.7 Å². The van der Waals surface area contributed by atoms with Crippen LogP contribution < -0.4 is 4.74 Å². The number of Topliss-reactive ketones (excluding diaryl/α,β-unsaturated/α-hetero) is 1. The molecule has 0 saturated carbocycles. The number of ketones is 1. The smallest absolute Gasteiger partial charge is 0.295 e. The number of amides is 1. The lowest BCUT2D eigenvalue weighted by Gasteiger charge is -2.25. The Morgan fingerprint density at radius 2 is 1.90 bits per heavy atom. The lowest BCUT2D eigenvalue weighted by atomic mass is 9.93. The molecule has 1 aliphatic rings. The van der Waals surface area contributed by atoms with E-state index < -0.39 is 17.7 Å². The number of benzene rings is 1. The van der Waals surface area contributed by atoms with Gasteiger partial charge in [0.05, 0.1) is 18.7 Å². The van der Waals surface area contributed by atoms with Gasteiger partial charge in [-0.2, -0.15) is 0 Å². The summed E-state index contributed by atoms with van der Waals surface area (Å²) in [5.74, 6) is -0.526. The van der Waals surface area contributed by atoms with Gasteiger partial charge in [-0.15, -0.1) is 0 Å². The maximum absolute atomic E-state index is 13.0. The van der Waals surface area contributed by atoms with E-state index in [1.54, 1.807) is 48.7 Å². The first-order chi connectivity index (χ1) is 14.4.